The Morgan fingerprint density at radius 3 is 2.67 bits per heavy atom. The van der Waals surface area contributed by atoms with Crippen molar-refractivity contribution in [3.8, 4) is 0 Å². The quantitative estimate of drug-likeness (QED) is 0.932. The Labute approximate surface area is 115 Å². The number of aromatic nitrogens is 2. The first-order chi connectivity index (χ1) is 8.60. The van der Waals surface area contributed by atoms with Gasteiger partial charge in [-0.15, -0.1) is 10.2 Å². The summed E-state index contributed by atoms with van der Waals surface area (Å²) in [7, 11) is 3.93. The molecule has 0 aliphatic rings. The van der Waals surface area contributed by atoms with Gasteiger partial charge in [0.1, 0.15) is 0 Å². The van der Waals surface area contributed by atoms with Gasteiger partial charge in [0.2, 0.25) is 5.13 Å². The maximum absolute atomic E-state index is 5.66. The van der Waals surface area contributed by atoms with Gasteiger partial charge in [-0.1, -0.05) is 29.2 Å². The molecule has 0 bridgehead atoms. The Hall–Kier alpha value is -1.11. The zero-order chi connectivity index (χ0) is 13.1. The largest absolute Gasteiger partial charge is 0.353 e. The zero-order valence-corrected chi connectivity index (χ0v) is 12.3. The smallest absolute Gasteiger partial charge is 0.208 e. The molecule has 0 fully saturated rings. The van der Waals surface area contributed by atoms with Crippen LogP contribution in [0.3, 0.4) is 0 Å². The zero-order valence-electron chi connectivity index (χ0n) is 10.7. The molecule has 1 aromatic carbocycles. The molecule has 6 heteroatoms. The van der Waals surface area contributed by atoms with Gasteiger partial charge in [0.05, 0.1) is 0 Å². The Bertz CT molecular complexity index is 537. The average Bonchev–Trinajstić information content (AvgIpc) is 2.78. The minimum atomic E-state index is 0.584. The Kier molecular flexibility index (Phi) is 4.21. The summed E-state index contributed by atoms with van der Waals surface area (Å²) < 4.78 is 0.957. The first-order valence-corrected chi connectivity index (χ1v) is 7.21. The molecule has 0 aliphatic heterocycles. The highest BCUT2D eigenvalue weighted by Gasteiger charge is 2.08. The van der Waals surface area contributed by atoms with Gasteiger partial charge >= 0.3 is 0 Å². The summed E-state index contributed by atoms with van der Waals surface area (Å²) >= 11 is 3.23. The van der Waals surface area contributed by atoms with Crippen LogP contribution in [0.2, 0.25) is 0 Å². The van der Waals surface area contributed by atoms with E-state index in [1.54, 1.807) is 23.1 Å². The summed E-state index contributed by atoms with van der Waals surface area (Å²) in [6, 6.07) is 6.30. The van der Waals surface area contributed by atoms with Gasteiger partial charge in [-0.05, 0) is 30.2 Å². The van der Waals surface area contributed by atoms with Crippen LogP contribution >= 0.6 is 23.1 Å². The second kappa shape index (κ2) is 5.69. The van der Waals surface area contributed by atoms with Crippen LogP contribution in [0.4, 0.5) is 5.13 Å². The number of nitrogens with zero attached hydrogens (tertiary/aromatic N) is 3. The number of benzene rings is 1. The fourth-order valence-electron chi connectivity index (χ4n) is 1.49. The molecule has 96 valence electrons. The monoisotopic (exact) mass is 280 g/mol. The van der Waals surface area contributed by atoms with E-state index in [4.69, 9.17) is 5.73 Å². The van der Waals surface area contributed by atoms with Crippen molar-refractivity contribution < 1.29 is 0 Å². The molecule has 4 nitrogen and oxygen atoms in total. The topological polar surface area (TPSA) is 55.0 Å². The fraction of sp³-hybridized carbons (Fsp3) is 0.333. The Balaban J connectivity index is 2.15. The van der Waals surface area contributed by atoms with E-state index in [0.29, 0.717) is 6.54 Å². The molecule has 0 amide bonds. The van der Waals surface area contributed by atoms with E-state index in [0.717, 1.165) is 9.47 Å². The number of aryl methyl sites for hydroxylation is 1. The van der Waals surface area contributed by atoms with Gasteiger partial charge in [-0.2, -0.15) is 0 Å². The van der Waals surface area contributed by atoms with Gasteiger partial charge < -0.3 is 10.6 Å². The van der Waals surface area contributed by atoms with Crippen LogP contribution in [-0.2, 0) is 6.54 Å². The predicted octanol–water partition coefficient (Wildman–Crippen LogP) is 2.52. The van der Waals surface area contributed by atoms with Crippen molar-refractivity contribution in [1.29, 1.82) is 0 Å². The molecule has 1 aromatic heterocycles. The third-order valence-electron chi connectivity index (χ3n) is 2.52. The average molecular weight is 280 g/mol. The lowest BCUT2D eigenvalue weighted by atomic mass is 10.1. The third-order valence-corrected chi connectivity index (χ3v) is 4.65. The predicted molar refractivity (Wildman–Crippen MR) is 77.4 cm³/mol. The Morgan fingerprint density at radius 2 is 2.11 bits per heavy atom. The molecule has 2 rings (SSSR count). The first-order valence-electron chi connectivity index (χ1n) is 5.58. The second-order valence-electron chi connectivity index (χ2n) is 4.14. The van der Waals surface area contributed by atoms with Crippen molar-refractivity contribution in [3.05, 3.63) is 29.3 Å². The Morgan fingerprint density at radius 1 is 1.33 bits per heavy atom. The fourth-order valence-corrected chi connectivity index (χ4v) is 3.32. The molecule has 2 aromatic rings. The molecule has 0 radical (unpaired) electrons. The van der Waals surface area contributed by atoms with E-state index in [1.165, 1.54) is 16.0 Å². The van der Waals surface area contributed by atoms with E-state index in [-0.39, 0.29) is 0 Å². The van der Waals surface area contributed by atoms with E-state index in [1.807, 2.05) is 19.0 Å². The lowest BCUT2D eigenvalue weighted by Crippen LogP contribution is -2.07. The minimum Gasteiger partial charge on any atom is -0.353 e. The summed E-state index contributed by atoms with van der Waals surface area (Å²) in [6.07, 6.45) is 0. The van der Waals surface area contributed by atoms with Crippen LogP contribution < -0.4 is 10.6 Å². The summed E-state index contributed by atoms with van der Waals surface area (Å²) in [6.45, 7) is 2.66. The number of nitrogens with two attached hydrogens (primary N) is 1. The maximum Gasteiger partial charge on any atom is 0.208 e. The van der Waals surface area contributed by atoms with Crippen LogP contribution in [-0.4, -0.2) is 24.3 Å². The highest BCUT2D eigenvalue weighted by molar-refractivity contribution is 8.01. The van der Waals surface area contributed by atoms with Gasteiger partial charge in [0.15, 0.2) is 4.34 Å². The minimum absolute atomic E-state index is 0.584. The van der Waals surface area contributed by atoms with Crippen molar-refractivity contribution in [3.63, 3.8) is 0 Å². The standard InChI is InChI=1S/C12H16N4S2/c1-8-6-10(5-4-9(8)7-13)17-12-15-14-11(18-12)16(2)3/h4-6H,7,13H2,1-3H3. The normalized spacial score (nSPS) is 10.7. The highest BCUT2D eigenvalue weighted by Crippen LogP contribution is 2.33. The number of hydrogen-bond acceptors (Lipinski definition) is 6. The van der Waals surface area contributed by atoms with Crippen molar-refractivity contribution >= 4 is 28.2 Å². The van der Waals surface area contributed by atoms with Gasteiger partial charge in [0.25, 0.3) is 0 Å². The van der Waals surface area contributed by atoms with Crippen LogP contribution in [0.5, 0.6) is 0 Å². The number of anilines is 1. The second-order valence-corrected chi connectivity index (χ2v) is 6.42. The van der Waals surface area contributed by atoms with Crippen molar-refractivity contribution in [2.75, 3.05) is 19.0 Å². The molecule has 0 unspecified atom stereocenters. The third kappa shape index (κ3) is 3.01. The first kappa shape index (κ1) is 13.3. The van der Waals surface area contributed by atoms with Gasteiger partial charge in [-0.25, -0.2) is 0 Å². The van der Waals surface area contributed by atoms with Crippen LogP contribution in [0.15, 0.2) is 27.4 Å². The summed E-state index contributed by atoms with van der Waals surface area (Å²) in [4.78, 5) is 3.14. The molecular formula is C12H16N4S2. The van der Waals surface area contributed by atoms with E-state index in [2.05, 4.69) is 35.3 Å². The maximum atomic E-state index is 5.66. The lowest BCUT2D eigenvalue weighted by molar-refractivity contribution is 0.972. The molecule has 0 spiro atoms. The van der Waals surface area contributed by atoms with Crippen molar-refractivity contribution in [2.24, 2.45) is 5.73 Å². The van der Waals surface area contributed by atoms with Crippen molar-refractivity contribution in [2.45, 2.75) is 22.7 Å². The van der Waals surface area contributed by atoms with Crippen LogP contribution in [0, 0.1) is 6.92 Å². The summed E-state index contributed by atoms with van der Waals surface area (Å²) in [5.74, 6) is 0. The molecule has 0 aliphatic carbocycles. The molecule has 2 N–H and O–H groups in total. The van der Waals surface area contributed by atoms with E-state index >= 15 is 0 Å². The summed E-state index contributed by atoms with van der Waals surface area (Å²) in [5.41, 5.74) is 8.07. The van der Waals surface area contributed by atoms with Gasteiger partial charge in [0, 0.05) is 25.5 Å². The number of rotatable bonds is 4. The van der Waals surface area contributed by atoms with E-state index in [9.17, 15) is 0 Å². The molecule has 18 heavy (non-hydrogen) atoms. The number of hydrogen-bond donors (Lipinski definition) is 1. The SMILES string of the molecule is Cc1cc(Sc2nnc(N(C)C)s2)ccc1CN. The lowest BCUT2D eigenvalue weighted by Gasteiger charge is -2.05. The molecule has 0 saturated carbocycles. The van der Waals surface area contributed by atoms with Crippen LogP contribution in [0.1, 0.15) is 11.1 Å². The summed E-state index contributed by atoms with van der Waals surface area (Å²) in [5, 5.41) is 9.22. The highest BCUT2D eigenvalue weighted by atomic mass is 32.2. The molecule has 0 atom stereocenters. The van der Waals surface area contributed by atoms with E-state index < -0.39 is 0 Å². The molecular weight excluding hydrogens is 264 g/mol. The van der Waals surface area contributed by atoms with Crippen LogP contribution in [0.25, 0.3) is 0 Å². The van der Waals surface area contributed by atoms with Crippen molar-refractivity contribution in [1.82, 2.24) is 10.2 Å². The molecule has 0 saturated heterocycles. The molecule has 1 heterocycles. The van der Waals surface area contributed by atoms with Gasteiger partial charge in [-0.3, -0.25) is 0 Å².